The first-order chi connectivity index (χ1) is 9.63. The number of methoxy groups -OCH3 is 1. The number of hydrogen-bond donors (Lipinski definition) is 1. The summed E-state index contributed by atoms with van der Waals surface area (Å²) >= 11 is 0. The van der Waals surface area contributed by atoms with Gasteiger partial charge < -0.3 is 14.8 Å². The van der Waals surface area contributed by atoms with Crippen LogP contribution in [0.1, 0.15) is 32.3 Å². The molecule has 0 aliphatic heterocycles. The van der Waals surface area contributed by atoms with Crippen molar-refractivity contribution in [2.24, 2.45) is 5.41 Å². The zero-order valence-corrected chi connectivity index (χ0v) is 13.1. The quantitative estimate of drug-likeness (QED) is 0.831. The summed E-state index contributed by atoms with van der Waals surface area (Å²) in [6, 6.07) is 8.98. The smallest absolute Gasteiger partial charge is 0.119 e. The summed E-state index contributed by atoms with van der Waals surface area (Å²) in [4.78, 5) is 0. The van der Waals surface area contributed by atoms with Gasteiger partial charge in [-0.15, -0.1) is 0 Å². The van der Waals surface area contributed by atoms with Gasteiger partial charge in [0.2, 0.25) is 0 Å². The van der Waals surface area contributed by atoms with Crippen molar-refractivity contribution in [3.63, 3.8) is 0 Å². The van der Waals surface area contributed by atoms with Gasteiger partial charge in [-0.3, -0.25) is 0 Å². The largest absolute Gasteiger partial charge is 0.490 e. The summed E-state index contributed by atoms with van der Waals surface area (Å²) in [5.74, 6) is 0.977. The van der Waals surface area contributed by atoms with E-state index >= 15 is 0 Å². The zero-order valence-electron chi connectivity index (χ0n) is 13.1. The van der Waals surface area contributed by atoms with Gasteiger partial charge in [-0.05, 0) is 37.6 Å². The van der Waals surface area contributed by atoms with Crippen LogP contribution in [0, 0.1) is 5.41 Å². The van der Waals surface area contributed by atoms with E-state index in [1.54, 1.807) is 7.11 Å². The Morgan fingerprint density at radius 2 is 2.00 bits per heavy atom. The first kappa shape index (κ1) is 15.3. The summed E-state index contributed by atoms with van der Waals surface area (Å²) in [6.45, 7) is 5.32. The number of rotatable bonds is 7. The second-order valence-electron chi connectivity index (χ2n) is 5.93. The van der Waals surface area contributed by atoms with Gasteiger partial charge in [0.1, 0.15) is 11.9 Å². The first-order valence-electron chi connectivity index (χ1n) is 7.55. The van der Waals surface area contributed by atoms with Crippen LogP contribution in [0.5, 0.6) is 5.75 Å². The molecule has 0 aromatic heterocycles. The molecule has 0 saturated heterocycles. The number of ether oxygens (including phenoxy) is 2. The second kappa shape index (κ2) is 6.59. The fraction of sp³-hybridized carbons (Fsp3) is 0.647. The van der Waals surface area contributed by atoms with Crippen LogP contribution in [0.3, 0.4) is 0 Å². The van der Waals surface area contributed by atoms with E-state index in [2.05, 4.69) is 43.4 Å². The molecule has 0 amide bonds. The van der Waals surface area contributed by atoms with Gasteiger partial charge in [0, 0.05) is 25.0 Å². The van der Waals surface area contributed by atoms with Gasteiger partial charge in [0.05, 0.1) is 6.61 Å². The highest BCUT2D eigenvalue weighted by Gasteiger charge is 2.51. The molecule has 0 radical (unpaired) electrons. The minimum Gasteiger partial charge on any atom is -0.490 e. The Morgan fingerprint density at radius 1 is 1.30 bits per heavy atom. The third-order valence-electron chi connectivity index (χ3n) is 4.89. The molecule has 1 aromatic carbocycles. The molecule has 1 aliphatic rings. The van der Waals surface area contributed by atoms with Crippen LogP contribution in [0.4, 0.5) is 0 Å². The molecule has 3 heteroatoms. The van der Waals surface area contributed by atoms with Gasteiger partial charge >= 0.3 is 0 Å². The third-order valence-corrected chi connectivity index (χ3v) is 4.89. The molecule has 1 aliphatic carbocycles. The molecule has 1 N–H and O–H groups in total. The molecule has 0 bridgehead atoms. The Labute approximate surface area is 122 Å². The monoisotopic (exact) mass is 277 g/mol. The molecule has 0 heterocycles. The maximum absolute atomic E-state index is 6.18. The molecule has 3 unspecified atom stereocenters. The molecule has 2 rings (SSSR count). The van der Waals surface area contributed by atoms with Gasteiger partial charge in [-0.25, -0.2) is 0 Å². The fourth-order valence-electron chi connectivity index (χ4n) is 3.04. The Balaban J connectivity index is 1.94. The van der Waals surface area contributed by atoms with E-state index in [4.69, 9.17) is 9.47 Å². The maximum atomic E-state index is 6.18. The highest BCUT2D eigenvalue weighted by molar-refractivity contribution is 5.28. The van der Waals surface area contributed by atoms with Crippen molar-refractivity contribution >= 4 is 0 Å². The second-order valence-corrected chi connectivity index (χ2v) is 5.93. The molecule has 3 atom stereocenters. The normalized spacial score (nSPS) is 29.0. The van der Waals surface area contributed by atoms with Crippen molar-refractivity contribution < 1.29 is 9.47 Å². The average Bonchev–Trinajstić information content (AvgIpc) is 2.49. The molecule has 1 aromatic rings. The van der Waals surface area contributed by atoms with Crippen LogP contribution in [0.2, 0.25) is 0 Å². The maximum Gasteiger partial charge on any atom is 0.119 e. The lowest BCUT2D eigenvalue weighted by atomic mass is 9.61. The van der Waals surface area contributed by atoms with E-state index in [0.29, 0.717) is 12.1 Å². The number of hydrogen-bond acceptors (Lipinski definition) is 3. The lowest BCUT2D eigenvalue weighted by molar-refractivity contribution is -0.0677. The molecule has 20 heavy (non-hydrogen) atoms. The van der Waals surface area contributed by atoms with Gasteiger partial charge in [0.15, 0.2) is 0 Å². The average molecular weight is 277 g/mol. The van der Waals surface area contributed by atoms with E-state index in [1.807, 2.05) is 7.05 Å². The van der Waals surface area contributed by atoms with Crippen LogP contribution in [-0.4, -0.2) is 32.9 Å². The Kier molecular flexibility index (Phi) is 5.06. The number of benzene rings is 1. The minimum atomic E-state index is 0.240. The number of nitrogens with one attached hydrogen (secondary N) is 1. The van der Waals surface area contributed by atoms with Crippen molar-refractivity contribution in [3.8, 4) is 5.75 Å². The van der Waals surface area contributed by atoms with Crippen LogP contribution in [0.25, 0.3) is 0 Å². The van der Waals surface area contributed by atoms with Crippen LogP contribution in [0.15, 0.2) is 24.3 Å². The van der Waals surface area contributed by atoms with E-state index in [9.17, 15) is 0 Å². The van der Waals surface area contributed by atoms with Crippen molar-refractivity contribution in [3.05, 3.63) is 29.8 Å². The molecular weight excluding hydrogens is 250 g/mol. The van der Waals surface area contributed by atoms with Crippen molar-refractivity contribution in [1.82, 2.24) is 5.32 Å². The molecule has 0 spiro atoms. The van der Waals surface area contributed by atoms with Gasteiger partial charge in [-0.1, -0.05) is 26.0 Å². The summed E-state index contributed by atoms with van der Waals surface area (Å²) in [5.41, 5.74) is 1.53. The third kappa shape index (κ3) is 2.99. The zero-order chi connectivity index (χ0) is 14.6. The fourth-order valence-corrected chi connectivity index (χ4v) is 3.04. The molecule has 112 valence electrons. The first-order valence-corrected chi connectivity index (χ1v) is 7.55. The van der Waals surface area contributed by atoms with Crippen LogP contribution >= 0.6 is 0 Å². The van der Waals surface area contributed by atoms with Gasteiger partial charge in [-0.2, -0.15) is 0 Å². The highest BCUT2D eigenvalue weighted by Crippen LogP contribution is 2.45. The van der Waals surface area contributed by atoms with Gasteiger partial charge in [0.25, 0.3) is 0 Å². The Bertz CT molecular complexity index is 418. The van der Waals surface area contributed by atoms with Crippen LogP contribution < -0.4 is 10.1 Å². The Morgan fingerprint density at radius 3 is 2.55 bits per heavy atom. The van der Waals surface area contributed by atoms with E-state index < -0.39 is 0 Å². The summed E-state index contributed by atoms with van der Waals surface area (Å²) in [7, 11) is 3.78. The predicted molar refractivity (Wildman–Crippen MR) is 82.3 cm³/mol. The minimum absolute atomic E-state index is 0.240. The van der Waals surface area contributed by atoms with Crippen LogP contribution in [-0.2, 0) is 11.2 Å². The van der Waals surface area contributed by atoms with E-state index in [1.165, 1.54) is 5.56 Å². The lowest BCUT2D eigenvalue weighted by Gasteiger charge is -2.53. The lowest BCUT2D eigenvalue weighted by Crippen LogP contribution is -2.62. The predicted octanol–water partition coefficient (Wildman–Crippen LogP) is 3.03. The summed E-state index contributed by atoms with van der Waals surface area (Å²) < 4.78 is 11.3. The van der Waals surface area contributed by atoms with Crippen molar-refractivity contribution in [2.75, 3.05) is 20.8 Å². The Hall–Kier alpha value is -1.06. The van der Waals surface area contributed by atoms with E-state index in [-0.39, 0.29) is 5.41 Å². The highest BCUT2D eigenvalue weighted by atomic mass is 16.5. The molecule has 1 fully saturated rings. The van der Waals surface area contributed by atoms with Crippen molar-refractivity contribution in [2.45, 2.75) is 45.3 Å². The summed E-state index contributed by atoms with van der Waals surface area (Å²) in [5, 5.41) is 3.40. The molecular formula is C17H27NO2. The summed E-state index contributed by atoms with van der Waals surface area (Å²) in [6.07, 6.45) is 3.49. The van der Waals surface area contributed by atoms with Crippen molar-refractivity contribution in [1.29, 1.82) is 0 Å². The SMILES string of the molecule is CCC1(C)C(NC)CC1Oc1ccc(CCOC)cc1. The van der Waals surface area contributed by atoms with E-state index in [0.717, 1.165) is 31.6 Å². The topological polar surface area (TPSA) is 30.5 Å². The molecule has 1 saturated carbocycles. The molecule has 3 nitrogen and oxygen atoms in total. The standard InChI is InChI=1S/C17H27NO2/c1-5-17(2)15(18-3)12-16(17)20-14-8-6-13(7-9-14)10-11-19-4/h6-9,15-16,18H,5,10-12H2,1-4H3.